The van der Waals surface area contributed by atoms with E-state index in [1.54, 1.807) is 11.3 Å². The van der Waals surface area contributed by atoms with Gasteiger partial charge >= 0.3 is 1.43 Å². The zero-order chi connectivity index (χ0) is 14.4. The second-order valence-corrected chi connectivity index (χ2v) is 7.39. The lowest BCUT2D eigenvalue weighted by Crippen LogP contribution is -3.00. The van der Waals surface area contributed by atoms with E-state index in [2.05, 4.69) is 50.5 Å². The van der Waals surface area contributed by atoms with Gasteiger partial charge in [0.2, 0.25) is 0 Å². The SMILES string of the molecule is CCCCN1CCn2c3c(c4cc(Br)ccc42)CCCC31.[Cl-].[H+]. The first kappa shape index (κ1) is 16.4. The van der Waals surface area contributed by atoms with Gasteiger partial charge in [-0.15, -0.1) is 0 Å². The van der Waals surface area contributed by atoms with E-state index in [4.69, 9.17) is 0 Å². The first-order chi connectivity index (χ1) is 10.3. The summed E-state index contributed by atoms with van der Waals surface area (Å²) in [6, 6.07) is 7.49. The number of aryl methyl sites for hydroxylation is 1. The topological polar surface area (TPSA) is 8.17 Å². The Morgan fingerprint density at radius 1 is 1.32 bits per heavy atom. The van der Waals surface area contributed by atoms with Gasteiger partial charge < -0.3 is 17.0 Å². The zero-order valence-corrected chi connectivity index (χ0v) is 15.5. The van der Waals surface area contributed by atoms with Gasteiger partial charge in [0.1, 0.15) is 0 Å². The molecule has 4 rings (SSSR count). The second kappa shape index (κ2) is 6.54. The highest BCUT2D eigenvalue weighted by molar-refractivity contribution is 9.10. The molecule has 0 N–H and O–H groups in total. The van der Waals surface area contributed by atoms with Gasteiger partial charge in [0.15, 0.2) is 0 Å². The number of rotatable bonds is 3. The quantitative estimate of drug-likeness (QED) is 0.787. The van der Waals surface area contributed by atoms with Gasteiger partial charge in [-0.05, 0) is 56.0 Å². The van der Waals surface area contributed by atoms with E-state index in [0.29, 0.717) is 6.04 Å². The van der Waals surface area contributed by atoms with Gasteiger partial charge in [0.25, 0.3) is 0 Å². The monoisotopic (exact) mass is 382 g/mol. The minimum atomic E-state index is 0. The molecule has 1 aliphatic heterocycles. The third-order valence-corrected chi connectivity index (χ3v) is 5.74. The molecule has 1 unspecified atom stereocenters. The lowest BCUT2D eigenvalue weighted by Gasteiger charge is -2.40. The smallest absolute Gasteiger partial charge is 1.00 e. The van der Waals surface area contributed by atoms with Crippen molar-refractivity contribution in [2.75, 3.05) is 13.1 Å². The van der Waals surface area contributed by atoms with Crippen molar-refractivity contribution in [1.29, 1.82) is 0 Å². The van der Waals surface area contributed by atoms with Crippen molar-refractivity contribution in [3.8, 4) is 0 Å². The minimum absolute atomic E-state index is 0. The van der Waals surface area contributed by atoms with Crippen LogP contribution in [0.4, 0.5) is 0 Å². The lowest BCUT2D eigenvalue weighted by atomic mass is 9.89. The van der Waals surface area contributed by atoms with Crippen LogP contribution in [0.1, 0.15) is 51.3 Å². The molecule has 0 bridgehead atoms. The maximum atomic E-state index is 3.65. The summed E-state index contributed by atoms with van der Waals surface area (Å²) in [7, 11) is 0. The molecule has 1 aliphatic carbocycles. The standard InChI is InChI=1S/C18H23BrN2.ClH/c1-2-3-9-20-10-11-21-16-8-7-13(19)12-15(16)14-5-4-6-17(20)18(14)21;/h7-8,12,17H,2-6,9-11H2,1H3;1H. The van der Waals surface area contributed by atoms with E-state index < -0.39 is 0 Å². The average Bonchev–Trinajstić information content (AvgIpc) is 2.82. The fourth-order valence-corrected chi connectivity index (χ4v) is 4.64. The maximum absolute atomic E-state index is 3.65. The first-order valence-electron chi connectivity index (χ1n) is 8.34. The summed E-state index contributed by atoms with van der Waals surface area (Å²) in [5, 5.41) is 1.49. The fraction of sp³-hybridized carbons (Fsp3) is 0.556. The highest BCUT2D eigenvalue weighted by atomic mass is 79.9. The van der Waals surface area contributed by atoms with Crippen LogP contribution in [0.15, 0.2) is 22.7 Å². The molecule has 1 atom stereocenters. The molecule has 2 heterocycles. The molecule has 0 radical (unpaired) electrons. The van der Waals surface area contributed by atoms with Crippen LogP contribution in [-0.2, 0) is 13.0 Å². The Morgan fingerprint density at radius 2 is 2.18 bits per heavy atom. The number of hydrogen-bond donors (Lipinski definition) is 0. The Balaban J connectivity index is 0.000000960. The van der Waals surface area contributed by atoms with E-state index in [0.717, 1.165) is 6.54 Å². The summed E-state index contributed by atoms with van der Waals surface area (Å²) in [5.74, 6) is 0. The molecule has 0 amide bonds. The molecule has 0 saturated heterocycles. The van der Waals surface area contributed by atoms with Crippen LogP contribution >= 0.6 is 15.9 Å². The second-order valence-electron chi connectivity index (χ2n) is 6.47. The van der Waals surface area contributed by atoms with Crippen LogP contribution in [0, 0.1) is 0 Å². The van der Waals surface area contributed by atoms with E-state index in [-0.39, 0.29) is 13.8 Å². The van der Waals surface area contributed by atoms with Gasteiger partial charge in [0, 0.05) is 34.2 Å². The van der Waals surface area contributed by atoms with Crippen LogP contribution in [0.2, 0.25) is 0 Å². The van der Waals surface area contributed by atoms with Gasteiger partial charge in [-0.1, -0.05) is 29.3 Å². The predicted octanol–water partition coefficient (Wildman–Crippen LogP) is 2.01. The van der Waals surface area contributed by atoms with Crippen molar-refractivity contribution < 1.29 is 13.8 Å². The highest BCUT2D eigenvalue weighted by Gasteiger charge is 2.34. The third-order valence-electron chi connectivity index (χ3n) is 5.24. The van der Waals surface area contributed by atoms with Gasteiger partial charge in [-0.3, -0.25) is 4.90 Å². The molecular formula is C18H24BrClN2. The van der Waals surface area contributed by atoms with Crippen molar-refractivity contribution in [3.05, 3.63) is 33.9 Å². The molecule has 120 valence electrons. The van der Waals surface area contributed by atoms with E-state index >= 15 is 0 Å². The number of unbranched alkanes of at least 4 members (excludes halogenated alkanes) is 1. The number of halogens is 2. The van der Waals surface area contributed by atoms with Crippen molar-refractivity contribution in [2.24, 2.45) is 0 Å². The average molecular weight is 384 g/mol. The number of nitrogens with zero attached hydrogens (tertiary/aromatic N) is 2. The molecular weight excluding hydrogens is 360 g/mol. The zero-order valence-electron chi connectivity index (χ0n) is 14.1. The number of fused-ring (bicyclic) bond motifs is 3. The normalized spacial score (nSPS) is 20.7. The molecule has 0 saturated carbocycles. The van der Waals surface area contributed by atoms with Crippen molar-refractivity contribution in [1.82, 2.24) is 9.47 Å². The molecule has 1 aromatic heterocycles. The summed E-state index contributed by atoms with van der Waals surface area (Å²) in [6.07, 6.45) is 6.57. The largest absolute Gasteiger partial charge is 1.00 e. The maximum Gasteiger partial charge on any atom is 1.00 e. The summed E-state index contributed by atoms with van der Waals surface area (Å²) >= 11 is 3.65. The van der Waals surface area contributed by atoms with Crippen LogP contribution in [0.5, 0.6) is 0 Å². The Morgan fingerprint density at radius 3 is 3.00 bits per heavy atom. The van der Waals surface area contributed by atoms with E-state index in [1.807, 2.05) is 0 Å². The van der Waals surface area contributed by atoms with Crippen LogP contribution in [-0.4, -0.2) is 22.6 Å². The summed E-state index contributed by atoms with van der Waals surface area (Å²) in [5.41, 5.74) is 4.71. The Hall–Kier alpha value is -0.510. The molecule has 22 heavy (non-hydrogen) atoms. The minimum Gasteiger partial charge on any atom is -1.00 e. The van der Waals surface area contributed by atoms with Crippen molar-refractivity contribution in [3.63, 3.8) is 0 Å². The number of aromatic nitrogens is 1. The first-order valence-corrected chi connectivity index (χ1v) is 9.13. The van der Waals surface area contributed by atoms with Gasteiger partial charge in [-0.25, -0.2) is 0 Å². The van der Waals surface area contributed by atoms with Crippen molar-refractivity contribution >= 4 is 26.8 Å². The Bertz CT molecular complexity index is 685. The predicted molar refractivity (Wildman–Crippen MR) is 92.9 cm³/mol. The molecule has 0 fully saturated rings. The van der Waals surface area contributed by atoms with Gasteiger partial charge in [-0.2, -0.15) is 0 Å². The molecule has 2 aliphatic rings. The van der Waals surface area contributed by atoms with Crippen LogP contribution < -0.4 is 12.4 Å². The molecule has 0 spiro atoms. The molecule has 2 nitrogen and oxygen atoms in total. The highest BCUT2D eigenvalue weighted by Crippen LogP contribution is 2.43. The molecule has 2 aromatic rings. The summed E-state index contributed by atoms with van der Waals surface area (Å²) < 4.78 is 3.82. The number of hydrogen-bond acceptors (Lipinski definition) is 1. The van der Waals surface area contributed by atoms with Crippen LogP contribution in [0.3, 0.4) is 0 Å². The van der Waals surface area contributed by atoms with Crippen LogP contribution in [0.25, 0.3) is 10.9 Å². The summed E-state index contributed by atoms with van der Waals surface area (Å²) in [4.78, 5) is 2.75. The Labute approximate surface area is 148 Å². The fourth-order valence-electron chi connectivity index (χ4n) is 4.28. The summed E-state index contributed by atoms with van der Waals surface area (Å²) in [6.45, 7) is 5.95. The Kier molecular flexibility index (Phi) is 4.86. The van der Waals surface area contributed by atoms with E-state index in [9.17, 15) is 0 Å². The van der Waals surface area contributed by atoms with Crippen molar-refractivity contribution in [2.45, 2.75) is 51.6 Å². The van der Waals surface area contributed by atoms with Gasteiger partial charge in [0.05, 0.1) is 6.04 Å². The number of benzene rings is 1. The third kappa shape index (κ3) is 2.51. The van der Waals surface area contributed by atoms with E-state index in [1.165, 1.54) is 60.6 Å². The molecule has 4 heteroatoms. The lowest BCUT2D eigenvalue weighted by molar-refractivity contribution is -0.00000418. The molecule has 1 aromatic carbocycles.